The van der Waals surface area contributed by atoms with Crippen molar-refractivity contribution in [1.82, 2.24) is 10.2 Å². The third-order valence-electron chi connectivity index (χ3n) is 2.68. The van der Waals surface area contributed by atoms with Crippen LogP contribution in [0.2, 0.25) is 5.15 Å². The van der Waals surface area contributed by atoms with Gasteiger partial charge in [0.25, 0.3) is 0 Å². The van der Waals surface area contributed by atoms with E-state index < -0.39 is 11.6 Å². The van der Waals surface area contributed by atoms with Crippen LogP contribution in [-0.4, -0.2) is 10.2 Å². The average molecular weight is 440 g/mol. The summed E-state index contributed by atoms with van der Waals surface area (Å²) < 4.78 is 28.5. The lowest BCUT2D eigenvalue weighted by atomic mass is 10.1. The number of thiophene rings is 1. The zero-order valence-corrected chi connectivity index (χ0v) is 14.2. The van der Waals surface area contributed by atoms with Gasteiger partial charge in [-0.3, -0.25) is 0 Å². The lowest BCUT2D eigenvalue weighted by Crippen LogP contribution is -1.93. The highest BCUT2D eigenvalue weighted by Crippen LogP contribution is 2.42. The Hall–Kier alpha value is -0.630. The van der Waals surface area contributed by atoms with E-state index in [1.165, 1.54) is 11.3 Å². The molecule has 0 atom stereocenters. The monoisotopic (exact) mass is 438 g/mol. The molecule has 0 fully saturated rings. The minimum absolute atomic E-state index is 0.0365. The third-order valence-corrected chi connectivity index (χ3v) is 6.49. The molecule has 2 nitrogen and oxygen atoms in total. The van der Waals surface area contributed by atoms with Crippen molar-refractivity contribution in [3.63, 3.8) is 0 Å². The van der Waals surface area contributed by atoms with Crippen molar-refractivity contribution < 1.29 is 8.78 Å². The van der Waals surface area contributed by atoms with Gasteiger partial charge in [-0.25, -0.2) is 8.78 Å². The van der Waals surface area contributed by atoms with Gasteiger partial charge in [-0.1, -0.05) is 11.6 Å². The first-order valence-corrected chi connectivity index (χ1v) is 8.07. The maximum Gasteiger partial charge on any atom is 0.159 e. The number of aromatic nitrogens is 2. The van der Waals surface area contributed by atoms with E-state index in [0.29, 0.717) is 16.5 Å². The number of benzene rings is 1. The molecule has 102 valence electrons. The quantitative estimate of drug-likeness (QED) is 0.477. The van der Waals surface area contributed by atoms with Crippen LogP contribution < -0.4 is 0 Å². The second-order valence-electron chi connectivity index (χ2n) is 3.88. The van der Waals surface area contributed by atoms with Crippen LogP contribution in [0.3, 0.4) is 0 Å². The van der Waals surface area contributed by atoms with Gasteiger partial charge in [0, 0.05) is 20.6 Å². The SMILES string of the molecule is Fc1cc2c(Cl)nnc(-c3scc(Br)c3Br)c2cc1F. The normalized spacial score (nSPS) is 11.2. The van der Waals surface area contributed by atoms with Crippen molar-refractivity contribution in [2.75, 3.05) is 0 Å². The highest BCUT2D eigenvalue weighted by molar-refractivity contribution is 9.13. The molecule has 0 amide bonds. The lowest BCUT2D eigenvalue weighted by Gasteiger charge is -2.06. The fourth-order valence-electron chi connectivity index (χ4n) is 1.77. The molecule has 0 saturated heterocycles. The number of rotatable bonds is 1. The van der Waals surface area contributed by atoms with Gasteiger partial charge in [0.2, 0.25) is 0 Å². The van der Waals surface area contributed by atoms with Crippen molar-refractivity contribution in [1.29, 1.82) is 0 Å². The number of hydrogen-bond acceptors (Lipinski definition) is 3. The molecule has 0 saturated carbocycles. The fraction of sp³-hybridized carbons (Fsp3) is 0. The number of fused-ring (bicyclic) bond motifs is 1. The van der Waals surface area contributed by atoms with E-state index in [2.05, 4.69) is 42.1 Å². The Morgan fingerprint density at radius 1 is 1.05 bits per heavy atom. The summed E-state index contributed by atoms with van der Waals surface area (Å²) in [5.74, 6) is -1.92. The maximum atomic E-state index is 13.5. The molecule has 0 spiro atoms. The molecule has 0 N–H and O–H groups in total. The molecule has 0 unspecified atom stereocenters. The summed E-state index contributed by atoms with van der Waals surface area (Å²) in [4.78, 5) is 0.761. The number of nitrogens with zero attached hydrogens (tertiary/aromatic N) is 2. The van der Waals surface area contributed by atoms with Crippen LogP contribution in [0, 0.1) is 11.6 Å². The van der Waals surface area contributed by atoms with Crippen LogP contribution in [0.1, 0.15) is 0 Å². The van der Waals surface area contributed by atoms with Gasteiger partial charge in [0.15, 0.2) is 16.8 Å². The smallest absolute Gasteiger partial charge is 0.159 e. The summed E-state index contributed by atoms with van der Waals surface area (Å²) in [6, 6.07) is 2.11. The molecule has 2 aromatic heterocycles. The topological polar surface area (TPSA) is 25.8 Å². The summed E-state index contributed by atoms with van der Waals surface area (Å²) in [5, 5.41) is 10.5. The Labute approximate surface area is 138 Å². The van der Waals surface area contributed by atoms with Gasteiger partial charge < -0.3 is 0 Å². The van der Waals surface area contributed by atoms with Crippen LogP contribution in [-0.2, 0) is 0 Å². The minimum Gasteiger partial charge on any atom is -0.204 e. The molecule has 20 heavy (non-hydrogen) atoms. The van der Waals surface area contributed by atoms with Gasteiger partial charge in [0.1, 0.15) is 5.69 Å². The van der Waals surface area contributed by atoms with E-state index in [0.717, 1.165) is 26.0 Å². The Balaban J connectivity index is 2.40. The first-order chi connectivity index (χ1) is 9.49. The molecular formula is C12H3Br2ClF2N2S. The molecule has 8 heteroatoms. The zero-order chi connectivity index (χ0) is 14.4. The van der Waals surface area contributed by atoms with Crippen molar-refractivity contribution >= 4 is 65.6 Å². The molecule has 3 aromatic rings. The highest BCUT2D eigenvalue weighted by atomic mass is 79.9. The predicted octanol–water partition coefficient (Wildman–Crippen LogP) is 5.81. The molecule has 2 heterocycles. The first-order valence-electron chi connectivity index (χ1n) is 5.23. The molecule has 0 aliphatic heterocycles. The van der Waals surface area contributed by atoms with Crippen LogP contribution in [0.25, 0.3) is 21.3 Å². The van der Waals surface area contributed by atoms with Gasteiger partial charge >= 0.3 is 0 Å². The maximum absolute atomic E-state index is 13.5. The number of hydrogen-bond donors (Lipinski definition) is 0. The van der Waals surface area contributed by atoms with E-state index in [9.17, 15) is 8.78 Å². The van der Waals surface area contributed by atoms with Crippen LogP contribution in [0.5, 0.6) is 0 Å². The predicted molar refractivity (Wildman–Crippen MR) is 83.2 cm³/mol. The van der Waals surface area contributed by atoms with Gasteiger partial charge in [0.05, 0.1) is 9.35 Å². The Morgan fingerprint density at radius 3 is 2.30 bits per heavy atom. The summed E-state index contributed by atoms with van der Waals surface area (Å²) in [5.41, 5.74) is 0.450. The Bertz CT molecular complexity index is 838. The van der Waals surface area contributed by atoms with E-state index >= 15 is 0 Å². The number of halogens is 5. The Morgan fingerprint density at radius 2 is 1.70 bits per heavy atom. The molecule has 0 aliphatic rings. The minimum atomic E-state index is -0.968. The van der Waals surface area contributed by atoms with Crippen molar-refractivity contribution in [2.45, 2.75) is 0 Å². The largest absolute Gasteiger partial charge is 0.204 e. The van der Waals surface area contributed by atoms with E-state index in [4.69, 9.17) is 11.6 Å². The summed E-state index contributed by atoms with van der Waals surface area (Å²) in [6.07, 6.45) is 0. The van der Waals surface area contributed by atoms with Crippen molar-refractivity contribution in [2.24, 2.45) is 0 Å². The van der Waals surface area contributed by atoms with E-state index in [1.54, 1.807) is 0 Å². The second-order valence-corrected chi connectivity index (χ2v) is 6.76. The molecule has 0 radical (unpaired) electrons. The third kappa shape index (κ3) is 2.26. The van der Waals surface area contributed by atoms with Crippen LogP contribution in [0.4, 0.5) is 8.78 Å². The summed E-state index contributed by atoms with van der Waals surface area (Å²) in [6.45, 7) is 0. The average Bonchev–Trinajstić information content (AvgIpc) is 2.73. The molecular weight excluding hydrogens is 437 g/mol. The summed E-state index contributed by atoms with van der Waals surface area (Å²) in [7, 11) is 0. The van der Waals surface area contributed by atoms with E-state index in [1.807, 2.05) is 5.38 Å². The lowest BCUT2D eigenvalue weighted by molar-refractivity contribution is 0.511. The molecule has 3 rings (SSSR count). The van der Waals surface area contributed by atoms with E-state index in [-0.39, 0.29) is 5.15 Å². The second kappa shape index (κ2) is 5.29. The highest BCUT2D eigenvalue weighted by Gasteiger charge is 2.18. The van der Waals surface area contributed by atoms with Gasteiger partial charge in [-0.05, 0) is 44.0 Å². The van der Waals surface area contributed by atoms with Gasteiger partial charge in [-0.2, -0.15) is 0 Å². The van der Waals surface area contributed by atoms with Crippen molar-refractivity contribution in [3.8, 4) is 10.6 Å². The zero-order valence-electron chi connectivity index (χ0n) is 9.42. The fourth-order valence-corrected chi connectivity index (χ4v) is 4.12. The molecule has 0 aliphatic carbocycles. The van der Waals surface area contributed by atoms with Crippen LogP contribution >= 0.6 is 54.8 Å². The standard InChI is InChI=1S/C12H3Br2ClF2N2S/c13-6-3-20-11(9(6)14)10-4-1-7(16)8(17)2-5(4)12(15)19-18-10/h1-3H. The van der Waals surface area contributed by atoms with Crippen molar-refractivity contribution in [3.05, 3.63) is 43.2 Å². The summed E-state index contributed by atoms with van der Waals surface area (Å²) >= 11 is 14.1. The van der Waals surface area contributed by atoms with Crippen LogP contribution in [0.15, 0.2) is 26.5 Å². The molecule has 1 aromatic carbocycles. The molecule has 0 bridgehead atoms. The Kier molecular flexibility index (Phi) is 3.79. The first kappa shape index (κ1) is 14.3. The van der Waals surface area contributed by atoms with Gasteiger partial charge in [-0.15, -0.1) is 21.5 Å².